The van der Waals surface area contributed by atoms with E-state index in [9.17, 15) is 15.2 Å². The smallest absolute Gasteiger partial charge is 0.312 e. The van der Waals surface area contributed by atoms with E-state index in [4.69, 9.17) is 25.8 Å². The third-order valence-electron chi connectivity index (χ3n) is 3.51. The number of phenols is 1. The predicted molar refractivity (Wildman–Crippen MR) is 97.2 cm³/mol. The summed E-state index contributed by atoms with van der Waals surface area (Å²) in [5.41, 5.74) is 0.426. The van der Waals surface area contributed by atoms with E-state index in [-0.39, 0.29) is 17.1 Å². The van der Waals surface area contributed by atoms with Gasteiger partial charge in [-0.25, -0.2) is 0 Å². The molecule has 0 atom stereocenters. The zero-order valence-electron chi connectivity index (χ0n) is 14.4. The molecule has 2 aromatic carbocycles. The first kappa shape index (κ1) is 19.3. The van der Waals surface area contributed by atoms with Gasteiger partial charge in [0.25, 0.3) is 0 Å². The minimum atomic E-state index is -0.711. The van der Waals surface area contributed by atoms with Crippen LogP contribution in [-0.4, -0.2) is 37.6 Å². The zero-order valence-corrected chi connectivity index (χ0v) is 15.1. The first-order valence-electron chi connectivity index (χ1n) is 7.36. The monoisotopic (exact) mass is 380 g/mol. The molecule has 1 N–H and O–H groups in total. The minimum Gasteiger partial charge on any atom is -0.502 e. The van der Waals surface area contributed by atoms with Gasteiger partial charge in [-0.15, -0.1) is 0 Å². The molecule has 0 saturated heterocycles. The van der Waals surface area contributed by atoms with Crippen molar-refractivity contribution in [1.82, 2.24) is 0 Å². The van der Waals surface area contributed by atoms with Crippen molar-refractivity contribution in [3.05, 3.63) is 50.5 Å². The molecule has 0 aliphatic heterocycles. The van der Waals surface area contributed by atoms with Gasteiger partial charge in [-0.2, -0.15) is 0 Å². The Balaban J connectivity index is 2.30. The summed E-state index contributed by atoms with van der Waals surface area (Å²) in [6.07, 6.45) is 1.32. The van der Waals surface area contributed by atoms with Crippen molar-refractivity contribution in [3.63, 3.8) is 0 Å². The van der Waals surface area contributed by atoms with Crippen LogP contribution in [0.25, 0.3) is 0 Å². The van der Waals surface area contributed by atoms with Gasteiger partial charge in [0, 0.05) is 22.9 Å². The van der Waals surface area contributed by atoms with Crippen LogP contribution >= 0.6 is 11.6 Å². The van der Waals surface area contributed by atoms with Gasteiger partial charge in [-0.3, -0.25) is 15.1 Å². The summed E-state index contributed by atoms with van der Waals surface area (Å²) in [6.45, 7) is 0.219. The second-order valence-corrected chi connectivity index (χ2v) is 5.56. The predicted octanol–water partition coefficient (Wildman–Crippen LogP) is 3.60. The number of aliphatic imine (C=N–C) groups is 1. The summed E-state index contributed by atoms with van der Waals surface area (Å²) in [5, 5.41) is 21.0. The molecular formula is C17H17ClN2O6. The van der Waals surface area contributed by atoms with Crippen molar-refractivity contribution >= 4 is 23.5 Å². The van der Waals surface area contributed by atoms with Crippen LogP contribution in [0.4, 0.5) is 5.69 Å². The summed E-state index contributed by atoms with van der Waals surface area (Å²) >= 11 is 5.85. The van der Waals surface area contributed by atoms with Gasteiger partial charge in [0.1, 0.15) is 0 Å². The lowest BCUT2D eigenvalue weighted by molar-refractivity contribution is -0.385. The quantitative estimate of drug-likeness (QED) is 0.447. The molecule has 26 heavy (non-hydrogen) atoms. The topological polar surface area (TPSA) is 103 Å². The number of hydrogen-bond acceptors (Lipinski definition) is 7. The highest BCUT2D eigenvalue weighted by Gasteiger charge is 2.18. The fraction of sp³-hybridized carbons (Fsp3) is 0.235. The van der Waals surface area contributed by atoms with E-state index in [2.05, 4.69) is 4.99 Å². The number of ether oxygens (including phenoxy) is 3. The third-order valence-corrected chi connectivity index (χ3v) is 3.73. The molecule has 0 heterocycles. The van der Waals surface area contributed by atoms with Gasteiger partial charge in [-0.1, -0.05) is 11.6 Å². The molecule has 9 heteroatoms. The van der Waals surface area contributed by atoms with Crippen LogP contribution in [0.5, 0.6) is 23.0 Å². The second kappa shape index (κ2) is 8.39. The summed E-state index contributed by atoms with van der Waals surface area (Å²) in [5.74, 6) is 0.940. The molecule has 0 aromatic heterocycles. The lowest BCUT2D eigenvalue weighted by atomic mass is 10.1. The number of halogens is 1. The number of phenolic OH excluding ortho intramolecular Hbond substituents is 1. The Morgan fingerprint density at radius 2 is 1.77 bits per heavy atom. The molecule has 0 fully saturated rings. The average molecular weight is 381 g/mol. The number of nitro groups is 1. The van der Waals surface area contributed by atoms with Crippen molar-refractivity contribution in [2.24, 2.45) is 4.99 Å². The fourth-order valence-corrected chi connectivity index (χ4v) is 2.54. The Morgan fingerprint density at radius 1 is 1.15 bits per heavy atom. The summed E-state index contributed by atoms with van der Waals surface area (Å²) in [4.78, 5) is 14.4. The molecule has 0 spiro atoms. The summed E-state index contributed by atoms with van der Waals surface area (Å²) in [6, 6.07) is 5.94. The molecule has 138 valence electrons. The lowest BCUT2D eigenvalue weighted by Crippen LogP contribution is -1.97. The maximum atomic E-state index is 10.9. The number of benzene rings is 2. The zero-order chi connectivity index (χ0) is 19.3. The van der Waals surface area contributed by atoms with E-state index >= 15 is 0 Å². The van der Waals surface area contributed by atoms with Crippen LogP contribution in [0.1, 0.15) is 11.1 Å². The van der Waals surface area contributed by atoms with E-state index in [1.165, 1.54) is 33.6 Å². The van der Waals surface area contributed by atoms with Crippen LogP contribution in [-0.2, 0) is 6.54 Å². The van der Waals surface area contributed by atoms with Gasteiger partial charge in [-0.05, 0) is 23.8 Å². The number of hydrogen-bond donors (Lipinski definition) is 1. The van der Waals surface area contributed by atoms with Crippen LogP contribution in [0, 0.1) is 10.1 Å². The molecule has 2 aromatic rings. The van der Waals surface area contributed by atoms with Gasteiger partial charge in [0.2, 0.25) is 11.5 Å². The first-order valence-corrected chi connectivity index (χ1v) is 7.74. The summed E-state index contributed by atoms with van der Waals surface area (Å²) < 4.78 is 15.8. The van der Waals surface area contributed by atoms with Gasteiger partial charge in [0.05, 0.1) is 32.8 Å². The number of methoxy groups -OCH3 is 3. The first-order chi connectivity index (χ1) is 12.4. The molecule has 8 nitrogen and oxygen atoms in total. The van der Waals surface area contributed by atoms with Crippen molar-refractivity contribution in [2.45, 2.75) is 6.54 Å². The largest absolute Gasteiger partial charge is 0.502 e. The van der Waals surface area contributed by atoms with Crippen molar-refractivity contribution < 1.29 is 24.2 Å². The molecule has 0 unspecified atom stereocenters. The number of aromatic hydroxyl groups is 1. The Morgan fingerprint density at radius 3 is 2.27 bits per heavy atom. The van der Waals surface area contributed by atoms with Crippen LogP contribution < -0.4 is 14.2 Å². The molecule has 2 rings (SSSR count). The number of rotatable bonds is 7. The van der Waals surface area contributed by atoms with Gasteiger partial charge < -0.3 is 19.3 Å². The molecule has 0 amide bonds. The summed E-state index contributed by atoms with van der Waals surface area (Å²) in [7, 11) is 4.52. The Labute approximate surface area is 154 Å². The SMILES string of the molecule is COc1cc(CN=Cc2cc(Cl)cc([N+](=O)[O-])c2O)cc(OC)c1OC. The average Bonchev–Trinajstić information content (AvgIpc) is 2.62. The van der Waals surface area contributed by atoms with E-state index < -0.39 is 16.4 Å². The fourth-order valence-electron chi connectivity index (χ4n) is 2.32. The third kappa shape index (κ3) is 4.15. The van der Waals surface area contributed by atoms with Gasteiger partial charge in [0.15, 0.2) is 11.5 Å². The molecule has 0 saturated carbocycles. The van der Waals surface area contributed by atoms with E-state index in [1.807, 2.05) is 0 Å². The van der Waals surface area contributed by atoms with Crippen molar-refractivity contribution in [2.75, 3.05) is 21.3 Å². The minimum absolute atomic E-state index is 0.128. The van der Waals surface area contributed by atoms with E-state index in [0.717, 1.165) is 11.6 Å². The maximum absolute atomic E-state index is 10.9. The normalized spacial score (nSPS) is 10.8. The van der Waals surface area contributed by atoms with E-state index in [0.29, 0.717) is 17.2 Å². The van der Waals surface area contributed by atoms with Crippen LogP contribution in [0.2, 0.25) is 5.02 Å². The maximum Gasteiger partial charge on any atom is 0.312 e. The van der Waals surface area contributed by atoms with Crippen LogP contribution in [0.15, 0.2) is 29.3 Å². The van der Waals surface area contributed by atoms with E-state index in [1.54, 1.807) is 12.1 Å². The van der Waals surface area contributed by atoms with Crippen LogP contribution in [0.3, 0.4) is 0 Å². The molecule has 0 radical (unpaired) electrons. The molecule has 0 aliphatic rings. The Bertz CT molecular complexity index is 828. The molecule has 0 aliphatic carbocycles. The highest BCUT2D eigenvalue weighted by Crippen LogP contribution is 2.38. The highest BCUT2D eigenvalue weighted by atomic mass is 35.5. The number of nitro benzene ring substituents is 1. The highest BCUT2D eigenvalue weighted by molar-refractivity contribution is 6.31. The molecular weight excluding hydrogens is 364 g/mol. The standard InChI is InChI=1S/C17H17ClN2O6/c1-24-14-4-10(5-15(25-2)17(14)26-3)8-19-9-11-6-12(18)7-13(16(11)21)20(22)23/h4-7,9,21H,8H2,1-3H3. The number of nitrogens with zero attached hydrogens (tertiary/aromatic N) is 2. The Hall–Kier alpha value is -3.00. The second-order valence-electron chi connectivity index (χ2n) is 5.12. The lowest BCUT2D eigenvalue weighted by Gasteiger charge is -2.13. The van der Waals surface area contributed by atoms with Gasteiger partial charge >= 0.3 is 5.69 Å². The molecule has 0 bridgehead atoms. The Kier molecular flexibility index (Phi) is 6.24. The van der Waals surface area contributed by atoms with Crippen molar-refractivity contribution in [3.8, 4) is 23.0 Å². The van der Waals surface area contributed by atoms with Crippen molar-refractivity contribution in [1.29, 1.82) is 0 Å².